The Morgan fingerprint density at radius 1 is 0.418 bits per heavy atom. The molecule has 4 heteroatoms. The number of furan rings is 1. The number of anilines is 6. The first-order valence-corrected chi connectivity index (χ1v) is 30.0. The van der Waals surface area contributed by atoms with Crippen LogP contribution >= 0.6 is 0 Å². The molecule has 0 unspecified atom stereocenters. The summed E-state index contributed by atoms with van der Waals surface area (Å²) in [5, 5.41) is 1.20. The van der Waals surface area contributed by atoms with Crippen molar-refractivity contribution in [3.05, 3.63) is 184 Å². The number of fused-ring (bicyclic) bond motifs is 9. The second-order valence-electron chi connectivity index (χ2n) is 30.6. The highest BCUT2D eigenvalue weighted by Crippen LogP contribution is 2.57. The summed E-state index contributed by atoms with van der Waals surface area (Å²) in [6, 6.07) is 52.7. The number of hydrogen-bond donors (Lipinski definition) is 0. The van der Waals surface area contributed by atoms with E-state index in [9.17, 15) is 0 Å². The van der Waals surface area contributed by atoms with Crippen LogP contribution in [0.15, 0.2) is 138 Å². The number of benzene rings is 7. The topological polar surface area (TPSA) is 19.6 Å². The van der Waals surface area contributed by atoms with E-state index in [1.165, 1.54) is 106 Å². The van der Waals surface area contributed by atoms with Crippen LogP contribution in [0.4, 0.5) is 34.1 Å². The number of rotatable bonds is 5. The molecule has 0 bridgehead atoms. The van der Waals surface area contributed by atoms with Gasteiger partial charge >= 0.3 is 0 Å². The van der Waals surface area contributed by atoms with Crippen molar-refractivity contribution >= 4 is 68.4 Å². The lowest BCUT2D eigenvalue weighted by molar-refractivity contribution is 0.332. The molecule has 0 amide bonds. The summed E-state index contributed by atoms with van der Waals surface area (Å²) in [4.78, 5) is 5.41. The molecule has 0 saturated carbocycles. The third kappa shape index (κ3) is 7.86. The van der Waals surface area contributed by atoms with Gasteiger partial charge in [-0.05, 0) is 198 Å². The van der Waals surface area contributed by atoms with Crippen molar-refractivity contribution in [2.75, 3.05) is 9.80 Å². The van der Waals surface area contributed by atoms with Crippen molar-refractivity contribution in [2.45, 2.75) is 200 Å². The van der Waals surface area contributed by atoms with E-state index in [-0.39, 0.29) is 50.0 Å². The highest BCUT2D eigenvalue weighted by molar-refractivity contribution is 7.00. The zero-order chi connectivity index (χ0) is 55.9. The monoisotopic (exact) mass is 1040 g/mol. The van der Waals surface area contributed by atoms with E-state index in [1.807, 2.05) is 0 Å². The minimum Gasteiger partial charge on any atom is -0.468 e. The van der Waals surface area contributed by atoms with Crippen molar-refractivity contribution in [2.24, 2.45) is 0 Å². The predicted octanol–water partition coefficient (Wildman–Crippen LogP) is 18.9. The molecule has 79 heavy (non-hydrogen) atoms. The number of hydrogen-bond acceptors (Lipinski definition) is 3. The Morgan fingerprint density at radius 3 is 1.39 bits per heavy atom. The average Bonchev–Trinajstić information content (AvgIpc) is 2.72. The molecule has 404 valence electrons. The third-order valence-electron chi connectivity index (χ3n) is 21.1. The molecule has 0 radical (unpaired) electrons. The molecule has 13 rings (SSSR count). The zero-order valence-corrected chi connectivity index (χ0v) is 50.8. The summed E-state index contributed by atoms with van der Waals surface area (Å²) in [7, 11) is 0. The Morgan fingerprint density at radius 2 is 0.861 bits per heavy atom. The molecular weight excluding hydrogens is 956 g/mol. The summed E-state index contributed by atoms with van der Waals surface area (Å²) < 4.78 is 7.84. The van der Waals surface area contributed by atoms with Gasteiger partial charge in [-0.25, -0.2) is 0 Å². The van der Waals surface area contributed by atoms with Crippen LogP contribution in [0.1, 0.15) is 206 Å². The molecule has 1 aromatic heterocycles. The van der Waals surface area contributed by atoms with Crippen LogP contribution in [0.5, 0.6) is 0 Å². The van der Waals surface area contributed by atoms with Gasteiger partial charge in [0.2, 0.25) is 0 Å². The SMILES string of the molecule is CC(C)(C)c1cc2c3c(c1)N(c1ccc(C(C)(C)c4ccccc4)cc1)c1c(oc4cc5c(cc14)C(C)(C)CCC5(C)C)B3c1cc3c(cc1N2c1cc2c(cc1-c1ccccc1)C(C)(C)CCC2(C)C)C(C)(C)CCC3(C)C. The van der Waals surface area contributed by atoms with Gasteiger partial charge in [0.1, 0.15) is 5.58 Å². The first-order chi connectivity index (χ1) is 37.0. The largest absolute Gasteiger partial charge is 0.468 e. The fourth-order valence-corrected chi connectivity index (χ4v) is 15.2. The average molecular weight is 1040 g/mol. The van der Waals surface area contributed by atoms with Gasteiger partial charge in [-0.3, -0.25) is 0 Å². The van der Waals surface area contributed by atoms with Crippen molar-refractivity contribution in [1.82, 2.24) is 0 Å². The Bertz CT molecular complexity index is 3800. The van der Waals surface area contributed by atoms with E-state index >= 15 is 0 Å². The zero-order valence-electron chi connectivity index (χ0n) is 50.8. The van der Waals surface area contributed by atoms with Crippen LogP contribution in [0.3, 0.4) is 0 Å². The summed E-state index contributed by atoms with van der Waals surface area (Å²) in [6.45, 7) is 41.5. The molecule has 0 atom stereocenters. The van der Waals surface area contributed by atoms with Crippen LogP contribution in [0.2, 0.25) is 0 Å². The molecule has 3 heterocycles. The lowest BCUT2D eigenvalue weighted by Crippen LogP contribution is -2.61. The van der Waals surface area contributed by atoms with Gasteiger partial charge in [0.15, 0.2) is 0 Å². The van der Waals surface area contributed by atoms with Crippen LogP contribution in [-0.4, -0.2) is 6.71 Å². The Kier molecular flexibility index (Phi) is 11.2. The van der Waals surface area contributed by atoms with Crippen LogP contribution in [0, 0.1) is 0 Å². The van der Waals surface area contributed by atoms with Crippen molar-refractivity contribution in [3.8, 4) is 11.1 Å². The second kappa shape index (κ2) is 16.9. The molecule has 3 aliphatic carbocycles. The van der Waals surface area contributed by atoms with E-state index in [1.54, 1.807) is 0 Å². The smallest absolute Gasteiger partial charge is 0.297 e. The lowest BCUT2D eigenvalue weighted by atomic mass is 9.35. The summed E-state index contributed by atoms with van der Waals surface area (Å²) >= 11 is 0. The second-order valence-corrected chi connectivity index (χ2v) is 30.6. The molecule has 8 aromatic rings. The maximum absolute atomic E-state index is 7.84. The molecule has 5 aliphatic rings. The standard InChI is InChI=1S/C75H85BN2O/c1-68(2,3)49-38-62-65-63(39-49)78(60-43-56-53(69(4,5)32-35-72(56,10)11)40-51(60)46-24-20-18-21-25-46)61-44-57-55(71(8,9)34-36-73(57,12)13)42-59(61)76(65)67-66(52-41-54-58(45-64(52)79-67)74(14,15)37-33-70(54,6)7)77(62)50-30-28-48(29-31-50)75(16,17)47-26-22-19-23-27-47/h18-31,38-45H,32-37H2,1-17H3. The van der Waals surface area contributed by atoms with Gasteiger partial charge in [-0.15, -0.1) is 0 Å². The first kappa shape index (κ1) is 52.1. The van der Waals surface area contributed by atoms with Gasteiger partial charge in [0.25, 0.3) is 6.71 Å². The van der Waals surface area contributed by atoms with Crippen molar-refractivity contribution < 1.29 is 4.42 Å². The minimum atomic E-state index is -0.191. The van der Waals surface area contributed by atoms with Crippen molar-refractivity contribution in [3.63, 3.8) is 0 Å². The van der Waals surface area contributed by atoms with E-state index in [0.717, 1.165) is 55.5 Å². The van der Waals surface area contributed by atoms with Gasteiger partial charge < -0.3 is 14.2 Å². The van der Waals surface area contributed by atoms with Crippen LogP contribution < -0.4 is 26.4 Å². The van der Waals surface area contributed by atoms with Crippen molar-refractivity contribution in [1.29, 1.82) is 0 Å². The molecule has 7 aromatic carbocycles. The van der Waals surface area contributed by atoms with Crippen LogP contribution in [0.25, 0.3) is 22.1 Å². The van der Waals surface area contributed by atoms with Gasteiger partial charge in [-0.2, -0.15) is 0 Å². The predicted molar refractivity (Wildman–Crippen MR) is 339 cm³/mol. The quantitative estimate of drug-likeness (QED) is 0.160. The summed E-state index contributed by atoms with van der Waals surface area (Å²) in [6.07, 6.45) is 6.88. The maximum atomic E-state index is 7.84. The van der Waals surface area contributed by atoms with E-state index < -0.39 is 0 Å². The fourth-order valence-electron chi connectivity index (χ4n) is 15.2. The highest BCUT2D eigenvalue weighted by atomic mass is 16.3. The van der Waals surface area contributed by atoms with Crippen LogP contribution in [-0.2, 0) is 43.3 Å². The maximum Gasteiger partial charge on any atom is 0.297 e. The first-order valence-electron chi connectivity index (χ1n) is 30.0. The van der Waals surface area contributed by atoms with Gasteiger partial charge in [0, 0.05) is 39.1 Å². The lowest BCUT2D eigenvalue weighted by Gasteiger charge is -2.48. The third-order valence-corrected chi connectivity index (χ3v) is 21.1. The highest BCUT2D eigenvalue weighted by Gasteiger charge is 2.51. The molecular formula is C75H85BN2O. The fraction of sp³-hybridized carbons (Fsp3) is 0.413. The molecule has 2 aliphatic heterocycles. The minimum absolute atomic E-state index is 0.00591. The normalized spacial score (nSPS) is 19.7. The summed E-state index contributed by atoms with van der Waals surface area (Å²) in [5.74, 6) is 0. The van der Waals surface area contributed by atoms with E-state index in [4.69, 9.17) is 4.42 Å². The molecule has 0 fully saturated rings. The van der Waals surface area contributed by atoms with Gasteiger partial charge in [0.05, 0.1) is 17.0 Å². The molecule has 0 saturated heterocycles. The Labute approximate surface area is 474 Å². The number of nitrogens with zero attached hydrogens (tertiary/aromatic N) is 2. The Balaban J connectivity index is 1.19. The van der Waals surface area contributed by atoms with E-state index in [2.05, 4.69) is 261 Å². The molecule has 0 N–H and O–H groups in total. The molecule has 3 nitrogen and oxygen atoms in total. The van der Waals surface area contributed by atoms with Gasteiger partial charge in [-0.1, -0.05) is 197 Å². The van der Waals surface area contributed by atoms with E-state index in [0.29, 0.717) is 0 Å². The Hall–Kier alpha value is -6.26. The summed E-state index contributed by atoms with van der Waals surface area (Å²) in [5.41, 5.74) is 26.9. The molecule has 0 spiro atoms.